The molecule has 4 aromatic heterocycles. The van der Waals surface area contributed by atoms with E-state index in [1.54, 1.807) is 0 Å². The molecule has 0 N–H and O–H groups in total. The van der Waals surface area contributed by atoms with Crippen LogP contribution in [-0.4, -0.2) is 30.7 Å². The number of pyridine rings is 2. The fraction of sp³-hybridized carbons (Fsp3) is 0.100. The maximum Gasteiger partial charge on any atom is 0.459 e. The Hall–Kier alpha value is -4.03. The lowest BCUT2D eigenvalue weighted by Crippen LogP contribution is -2.34. The Balaban J connectivity index is 1.86. The number of hydrogen-bond donors (Lipinski definition) is 0. The Morgan fingerprint density at radius 3 is 2.33 bits per heavy atom. The van der Waals surface area contributed by atoms with E-state index in [9.17, 15) is 30.7 Å². The molecule has 13 heteroatoms. The summed E-state index contributed by atoms with van der Waals surface area (Å²) in [6.45, 7) is 0. The summed E-state index contributed by atoms with van der Waals surface area (Å²) >= 11 is 0. The SMILES string of the molecule is Fc1ccc(-c2cc(C(F)(F)C(F)(F)F)nc3c2ccc2nc(-c4nnco4)cn23)cc1F. The van der Waals surface area contributed by atoms with Crippen molar-refractivity contribution in [3.63, 3.8) is 0 Å². The molecule has 0 saturated carbocycles. The Bertz CT molecular complexity index is 1510. The molecule has 0 aliphatic carbocycles. The van der Waals surface area contributed by atoms with Crippen LogP contribution >= 0.6 is 0 Å². The molecule has 0 amide bonds. The molecule has 0 fully saturated rings. The first-order chi connectivity index (χ1) is 15.6. The smallest absolute Gasteiger partial charge is 0.422 e. The number of fused-ring (bicyclic) bond motifs is 3. The third-order valence-corrected chi connectivity index (χ3v) is 4.89. The molecule has 5 rings (SSSR count). The van der Waals surface area contributed by atoms with Gasteiger partial charge in [-0.3, -0.25) is 4.40 Å². The maximum atomic E-state index is 14.3. The standard InChI is InChI=1S/C20H8F7N5O/c21-12-3-1-9(5-13(12)22)11-6-15(19(23,24)20(25,26)27)30-17-10(11)2-4-16-29-14(7-32(16)17)18-31-28-8-33-18/h1-8H. The van der Waals surface area contributed by atoms with Crippen LogP contribution in [0.2, 0.25) is 0 Å². The summed E-state index contributed by atoms with van der Waals surface area (Å²) < 4.78 is 101. The first-order valence-corrected chi connectivity index (χ1v) is 9.06. The number of hydrogen-bond acceptors (Lipinski definition) is 5. The Morgan fingerprint density at radius 1 is 0.879 bits per heavy atom. The van der Waals surface area contributed by atoms with Crippen LogP contribution in [0.4, 0.5) is 30.7 Å². The van der Waals surface area contributed by atoms with E-state index in [4.69, 9.17) is 4.42 Å². The summed E-state index contributed by atoms with van der Waals surface area (Å²) in [5.41, 5.74) is -2.05. The second-order valence-electron chi connectivity index (χ2n) is 6.92. The van der Waals surface area contributed by atoms with Crippen LogP contribution < -0.4 is 0 Å². The predicted octanol–water partition coefficient (Wildman–Crippen LogP) is 5.53. The van der Waals surface area contributed by atoms with E-state index in [0.29, 0.717) is 12.1 Å². The number of aromatic nitrogens is 5. The summed E-state index contributed by atoms with van der Waals surface area (Å²) in [6.07, 6.45) is -3.65. The van der Waals surface area contributed by atoms with Crippen molar-refractivity contribution in [3.8, 4) is 22.7 Å². The minimum Gasteiger partial charge on any atom is -0.422 e. The molecule has 0 spiro atoms. The van der Waals surface area contributed by atoms with Crippen molar-refractivity contribution in [1.82, 2.24) is 24.6 Å². The van der Waals surface area contributed by atoms with Gasteiger partial charge in [-0.25, -0.2) is 18.7 Å². The van der Waals surface area contributed by atoms with E-state index in [-0.39, 0.29) is 39.4 Å². The highest BCUT2D eigenvalue weighted by Gasteiger charge is 2.60. The number of benzene rings is 1. The van der Waals surface area contributed by atoms with Gasteiger partial charge in [-0.1, -0.05) is 6.07 Å². The minimum absolute atomic E-state index is 0.0237. The second-order valence-corrected chi connectivity index (χ2v) is 6.92. The number of halogens is 7. The molecule has 0 aliphatic heterocycles. The molecule has 4 heterocycles. The van der Waals surface area contributed by atoms with Gasteiger partial charge < -0.3 is 4.42 Å². The third-order valence-electron chi connectivity index (χ3n) is 4.89. The summed E-state index contributed by atoms with van der Waals surface area (Å²) in [7, 11) is 0. The second kappa shape index (κ2) is 6.98. The van der Waals surface area contributed by atoms with E-state index in [2.05, 4.69) is 20.2 Å². The summed E-state index contributed by atoms with van der Waals surface area (Å²) in [4.78, 5) is 7.76. The molecule has 33 heavy (non-hydrogen) atoms. The molecule has 0 bridgehead atoms. The highest BCUT2D eigenvalue weighted by Crippen LogP contribution is 2.45. The van der Waals surface area contributed by atoms with E-state index in [1.165, 1.54) is 18.3 Å². The third kappa shape index (κ3) is 3.27. The first kappa shape index (κ1) is 20.8. The van der Waals surface area contributed by atoms with E-state index in [1.807, 2.05) is 0 Å². The Kier molecular flexibility index (Phi) is 4.41. The zero-order chi connectivity index (χ0) is 23.5. The van der Waals surface area contributed by atoms with Gasteiger partial charge in [0.05, 0.1) is 0 Å². The van der Waals surface area contributed by atoms with Crippen LogP contribution in [0.25, 0.3) is 39.4 Å². The van der Waals surface area contributed by atoms with Crippen molar-refractivity contribution < 1.29 is 35.2 Å². The van der Waals surface area contributed by atoms with E-state index >= 15 is 0 Å². The summed E-state index contributed by atoms with van der Waals surface area (Å²) in [6, 6.07) is 5.81. The molecule has 5 aromatic rings. The van der Waals surface area contributed by atoms with Crippen molar-refractivity contribution in [1.29, 1.82) is 0 Å². The lowest BCUT2D eigenvalue weighted by molar-refractivity contribution is -0.290. The lowest BCUT2D eigenvalue weighted by atomic mass is 9.99. The average Bonchev–Trinajstić information content (AvgIpc) is 3.43. The quantitative estimate of drug-likeness (QED) is 0.327. The average molecular weight is 467 g/mol. The topological polar surface area (TPSA) is 69.1 Å². The van der Waals surface area contributed by atoms with Gasteiger partial charge in [-0.05, 0) is 41.5 Å². The highest BCUT2D eigenvalue weighted by atomic mass is 19.4. The van der Waals surface area contributed by atoms with Crippen molar-refractivity contribution in [2.45, 2.75) is 12.1 Å². The van der Waals surface area contributed by atoms with Crippen LogP contribution in [0.1, 0.15) is 5.69 Å². The van der Waals surface area contributed by atoms with Crippen LogP contribution in [0.5, 0.6) is 0 Å². The Morgan fingerprint density at radius 2 is 1.67 bits per heavy atom. The van der Waals surface area contributed by atoms with Gasteiger partial charge in [0.1, 0.15) is 22.7 Å². The molecular weight excluding hydrogens is 459 g/mol. The van der Waals surface area contributed by atoms with Crippen LogP contribution in [-0.2, 0) is 5.92 Å². The van der Waals surface area contributed by atoms with E-state index in [0.717, 1.165) is 22.9 Å². The molecule has 0 saturated heterocycles. The fourth-order valence-electron chi connectivity index (χ4n) is 3.33. The predicted molar refractivity (Wildman–Crippen MR) is 99.1 cm³/mol. The molecule has 168 valence electrons. The fourth-order valence-corrected chi connectivity index (χ4v) is 3.33. The van der Waals surface area contributed by atoms with Crippen molar-refractivity contribution in [3.05, 3.63) is 66.3 Å². The molecule has 0 radical (unpaired) electrons. The zero-order valence-corrected chi connectivity index (χ0v) is 15.9. The molecular formula is C20H8F7N5O. The molecule has 6 nitrogen and oxygen atoms in total. The zero-order valence-electron chi connectivity index (χ0n) is 15.9. The van der Waals surface area contributed by atoms with Gasteiger partial charge in [0.25, 0.3) is 5.89 Å². The van der Waals surface area contributed by atoms with Gasteiger partial charge in [-0.15, -0.1) is 10.2 Å². The number of nitrogens with zero attached hydrogens (tertiary/aromatic N) is 5. The normalized spacial score (nSPS) is 12.7. The van der Waals surface area contributed by atoms with Crippen LogP contribution in [0, 0.1) is 11.6 Å². The van der Waals surface area contributed by atoms with Gasteiger partial charge in [0, 0.05) is 11.6 Å². The van der Waals surface area contributed by atoms with Crippen molar-refractivity contribution in [2.75, 3.05) is 0 Å². The molecule has 0 unspecified atom stereocenters. The lowest BCUT2D eigenvalue weighted by Gasteiger charge is -2.20. The van der Waals surface area contributed by atoms with Crippen LogP contribution in [0.3, 0.4) is 0 Å². The number of imidazole rings is 1. The van der Waals surface area contributed by atoms with E-state index < -0.39 is 29.4 Å². The summed E-state index contributed by atoms with van der Waals surface area (Å²) in [5.74, 6) is -7.86. The van der Waals surface area contributed by atoms with Crippen molar-refractivity contribution >= 4 is 16.7 Å². The molecule has 0 aliphatic rings. The highest BCUT2D eigenvalue weighted by molar-refractivity contribution is 5.94. The van der Waals surface area contributed by atoms with Crippen molar-refractivity contribution in [2.24, 2.45) is 0 Å². The van der Waals surface area contributed by atoms with Crippen LogP contribution in [0.15, 0.2) is 53.4 Å². The minimum atomic E-state index is -5.95. The first-order valence-electron chi connectivity index (χ1n) is 9.06. The molecule has 0 atom stereocenters. The largest absolute Gasteiger partial charge is 0.459 e. The van der Waals surface area contributed by atoms with Gasteiger partial charge in [0.2, 0.25) is 6.39 Å². The van der Waals surface area contributed by atoms with Gasteiger partial charge in [0.15, 0.2) is 11.6 Å². The number of alkyl halides is 5. The van der Waals surface area contributed by atoms with Gasteiger partial charge >= 0.3 is 12.1 Å². The maximum absolute atomic E-state index is 14.3. The summed E-state index contributed by atoms with van der Waals surface area (Å²) in [5, 5.41) is 7.26. The monoisotopic (exact) mass is 467 g/mol. The molecule has 1 aromatic carbocycles. The number of rotatable bonds is 3. The van der Waals surface area contributed by atoms with Gasteiger partial charge in [-0.2, -0.15) is 22.0 Å². The Labute approximate surface area is 178 Å².